The van der Waals surface area contributed by atoms with Gasteiger partial charge in [0, 0.05) is 36.0 Å². The Morgan fingerprint density at radius 3 is 2.50 bits per heavy atom. The second-order valence-electron chi connectivity index (χ2n) is 8.59. The van der Waals surface area contributed by atoms with Crippen LogP contribution in [0.2, 0.25) is 0 Å². The summed E-state index contributed by atoms with van der Waals surface area (Å²) in [6.45, 7) is 9.45. The third-order valence-electron chi connectivity index (χ3n) is 5.68. The number of thiazole rings is 1. The SMILES string of the molecule is Cc1cc(-c2sc(N3CC[C@H](C(C)(C)O)C3)nc2-c2cccc(C#N)c2)cc(C)n1. The Bertz CT molecular complexity index is 1100. The van der Waals surface area contributed by atoms with E-state index in [1.165, 1.54) is 0 Å². The predicted octanol–water partition coefficient (Wildman–Crippen LogP) is 4.96. The van der Waals surface area contributed by atoms with Gasteiger partial charge in [0.1, 0.15) is 0 Å². The normalized spacial score (nSPS) is 16.7. The molecule has 5 nitrogen and oxygen atoms in total. The summed E-state index contributed by atoms with van der Waals surface area (Å²) in [7, 11) is 0. The molecule has 0 aliphatic carbocycles. The quantitative estimate of drug-likeness (QED) is 0.648. The molecule has 4 rings (SSSR count). The number of benzene rings is 1. The molecule has 0 spiro atoms. The lowest BCUT2D eigenvalue weighted by molar-refractivity contribution is 0.0263. The number of pyridine rings is 1. The average Bonchev–Trinajstić information content (AvgIpc) is 3.34. The van der Waals surface area contributed by atoms with Crippen LogP contribution in [0.5, 0.6) is 0 Å². The molecule has 3 heterocycles. The summed E-state index contributed by atoms with van der Waals surface area (Å²) in [6.07, 6.45) is 0.950. The molecule has 154 valence electrons. The summed E-state index contributed by atoms with van der Waals surface area (Å²) in [5.41, 5.74) is 4.80. The molecule has 2 aromatic heterocycles. The number of aromatic nitrogens is 2. The maximum Gasteiger partial charge on any atom is 0.186 e. The van der Waals surface area contributed by atoms with Crippen molar-refractivity contribution in [2.45, 2.75) is 39.7 Å². The van der Waals surface area contributed by atoms with E-state index >= 15 is 0 Å². The smallest absolute Gasteiger partial charge is 0.186 e. The van der Waals surface area contributed by atoms with Gasteiger partial charge in [-0.25, -0.2) is 4.98 Å². The van der Waals surface area contributed by atoms with Gasteiger partial charge in [-0.2, -0.15) is 5.26 Å². The van der Waals surface area contributed by atoms with E-state index in [0.717, 1.165) is 57.7 Å². The first kappa shape index (κ1) is 20.5. The van der Waals surface area contributed by atoms with E-state index in [4.69, 9.17) is 4.98 Å². The van der Waals surface area contributed by atoms with Crippen LogP contribution in [0.25, 0.3) is 21.7 Å². The first-order valence-electron chi connectivity index (χ1n) is 10.2. The van der Waals surface area contributed by atoms with Crippen molar-refractivity contribution >= 4 is 16.5 Å². The Balaban J connectivity index is 1.81. The summed E-state index contributed by atoms with van der Waals surface area (Å²) in [5.74, 6) is 0.223. The van der Waals surface area contributed by atoms with Crippen LogP contribution < -0.4 is 4.90 Å². The molecule has 1 atom stereocenters. The average molecular weight is 419 g/mol. The van der Waals surface area contributed by atoms with Crippen LogP contribution >= 0.6 is 11.3 Å². The minimum absolute atomic E-state index is 0.223. The van der Waals surface area contributed by atoms with Gasteiger partial charge < -0.3 is 10.0 Å². The van der Waals surface area contributed by atoms with Gasteiger partial charge >= 0.3 is 0 Å². The maximum atomic E-state index is 10.4. The van der Waals surface area contributed by atoms with Gasteiger partial charge in [0.05, 0.1) is 27.8 Å². The Hall–Kier alpha value is -2.75. The van der Waals surface area contributed by atoms with Crippen LogP contribution in [0.15, 0.2) is 36.4 Å². The molecule has 1 aliphatic rings. The number of hydrogen-bond acceptors (Lipinski definition) is 6. The van der Waals surface area contributed by atoms with Crippen LogP contribution in [0, 0.1) is 31.1 Å². The van der Waals surface area contributed by atoms with E-state index in [1.54, 1.807) is 11.3 Å². The van der Waals surface area contributed by atoms with Crippen molar-refractivity contribution in [2.75, 3.05) is 18.0 Å². The van der Waals surface area contributed by atoms with E-state index in [2.05, 4.69) is 28.1 Å². The lowest BCUT2D eigenvalue weighted by atomic mass is 9.91. The molecule has 6 heteroatoms. The lowest BCUT2D eigenvalue weighted by Gasteiger charge is -2.25. The monoisotopic (exact) mass is 418 g/mol. The number of nitriles is 1. The topological polar surface area (TPSA) is 73.0 Å². The molecule has 1 aliphatic heterocycles. The molecule has 1 saturated heterocycles. The molecule has 0 bridgehead atoms. The lowest BCUT2D eigenvalue weighted by Crippen LogP contribution is -2.33. The van der Waals surface area contributed by atoms with Crippen molar-refractivity contribution in [1.82, 2.24) is 9.97 Å². The molecular weight excluding hydrogens is 392 g/mol. The van der Waals surface area contributed by atoms with E-state index in [9.17, 15) is 10.4 Å². The fraction of sp³-hybridized carbons (Fsp3) is 0.375. The number of nitrogens with zero attached hydrogens (tertiary/aromatic N) is 4. The molecule has 1 aromatic carbocycles. The largest absolute Gasteiger partial charge is 0.390 e. The number of aliphatic hydroxyl groups is 1. The summed E-state index contributed by atoms with van der Waals surface area (Å²) in [5, 5.41) is 20.7. The zero-order chi connectivity index (χ0) is 21.5. The molecule has 0 radical (unpaired) electrons. The summed E-state index contributed by atoms with van der Waals surface area (Å²) < 4.78 is 0. The summed E-state index contributed by atoms with van der Waals surface area (Å²) >= 11 is 1.67. The second-order valence-corrected chi connectivity index (χ2v) is 9.57. The Morgan fingerprint density at radius 1 is 1.13 bits per heavy atom. The van der Waals surface area contributed by atoms with Crippen LogP contribution in [0.4, 0.5) is 5.13 Å². The molecule has 3 aromatic rings. The van der Waals surface area contributed by atoms with Crippen molar-refractivity contribution < 1.29 is 5.11 Å². The van der Waals surface area contributed by atoms with Crippen molar-refractivity contribution in [2.24, 2.45) is 5.92 Å². The van der Waals surface area contributed by atoms with Gasteiger partial charge in [-0.05, 0) is 63.9 Å². The van der Waals surface area contributed by atoms with Crippen molar-refractivity contribution in [1.29, 1.82) is 5.26 Å². The van der Waals surface area contributed by atoms with Crippen LogP contribution in [0.1, 0.15) is 37.2 Å². The molecule has 0 saturated carbocycles. The second kappa shape index (κ2) is 7.82. The number of hydrogen-bond donors (Lipinski definition) is 1. The van der Waals surface area contributed by atoms with E-state index < -0.39 is 5.60 Å². The molecular formula is C24H26N4OS. The van der Waals surface area contributed by atoms with Gasteiger partial charge in [0.15, 0.2) is 5.13 Å². The highest BCUT2D eigenvalue weighted by Crippen LogP contribution is 2.42. The van der Waals surface area contributed by atoms with Gasteiger partial charge in [-0.3, -0.25) is 4.98 Å². The van der Waals surface area contributed by atoms with Crippen molar-refractivity contribution in [3.05, 3.63) is 53.3 Å². The summed E-state index contributed by atoms with van der Waals surface area (Å²) in [6, 6.07) is 14.0. The predicted molar refractivity (Wildman–Crippen MR) is 122 cm³/mol. The first-order valence-corrected chi connectivity index (χ1v) is 11.0. The van der Waals surface area contributed by atoms with E-state index in [1.807, 2.05) is 52.0 Å². The van der Waals surface area contributed by atoms with Crippen LogP contribution in [-0.2, 0) is 0 Å². The molecule has 0 unspecified atom stereocenters. The summed E-state index contributed by atoms with van der Waals surface area (Å²) in [4.78, 5) is 12.9. The van der Waals surface area contributed by atoms with Crippen molar-refractivity contribution in [3.8, 4) is 27.8 Å². The molecule has 0 amide bonds. The van der Waals surface area contributed by atoms with Gasteiger partial charge in [0.2, 0.25) is 0 Å². The third kappa shape index (κ3) is 4.09. The molecule has 30 heavy (non-hydrogen) atoms. The minimum atomic E-state index is -0.696. The Morgan fingerprint density at radius 2 is 1.87 bits per heavy atom. The van der Waals surface area contributed by atoms with Gasteiger partial charge in [-0.15, -0.1) is 0 Å². The fourth-order valence-electron chi connectivity index (χ4n) is 4.05. The number of rotatable bonds is 4. The Labute approximate surface area is 181 Å². The minimum Gasteiger partial charge on any atom is -0.390 e. The van der Waals surface area contributed by atoms with Gasteiger partial charge in [0.25, 0.3) is 0 Å². The van der Waals surface area contributed by atoms with Crippen molar-refractivity contribution in [3.63, 3.8) is 0 Å². The zero-order valence-corrected chi connectivity index (χ0v) is 18.6. The third-order valence-corrected chi connectivity index (χ3v) is 6.85. The highest BCUT2D eigenvalue weighted by Gasteiger charge is 2.35. The molecule has 1 fully saturated rings. The Kier molecular flexibility index (Phi) is 5.35. The van der Waals surface area contributed by atoms with Gasteiger partial charge in [-0.1, -0.05) is 23.5 Å². The number of anilines is 1. The fourth-order valence-corrected chi connectivity index (χ4v) is 5.16. The standard InChI is InChI=1S/C24H26N4OS/c1-15-10-19(11-16(2)26-15)22-21(18-7-5-6-17(12-18)13-25)27-23(30-22)28-9-8-20(14-28)24(3,4)29/h5-7,10-12,20,29H,8-9,14H2,1-4H3/t20-/m0/s1. The maximum absolute atomic E-state index is 10.4. The van der Waals surface area contributed by atoms with Crippen LogP contribution in [-0.4, -0.2) is 33.8 Å². The van der Waals surface area contributed by atoms with E-state index in [-0.39, 0.29) is 5.92 Å². The van der Waals surface area contributed by atoms with Crippen LogP contribution in [0.3, 0.4) is 0 Å². The first-order chi connectivity index (χ1) is 14.2. The highest BCUT2D eigenvalue weighted by atomic mass is 32.1. The zero-order valence-electron chi connectivity index (χ0n) is 17.8. The molecule has 1 N–H and O–H groups in total. The number of aryl methyl sites for hydroxylation is 2. The highest BCUT2D eigenvalue weighted by molar-refractivity contribution is 7.19. The van der Waals surface area contributed by atoms with E-state index in [0.29, 0.717) is 5.56 Å².